The van der Waals surface area contributed by atoms with Crippen LogP contribution in [0.2, 0.25) is 5.02 Å². The third-order valence-electron chi connectivity index (χ3n) is 3.55. The number of halogens is 1. The van der Waals surface area contributed by atoms with E-state index in [4.69, 9.17) is 11.6 Å². The van der Waals surface area contributed by atoms with E-state index in [1.54, 1.807) is 23.1 Å². The number of rotatable bonds is 1. The summed E-state index contributed by atoms with van der Waals surface area (Å²) in [5.74, 6) is -0.856. The average Bonchev–Trinajstić information content (AvgIpc) is 2.64. The van der Waals surface area contributed by atoms with E-state index < -0.39 is 11.7 Å². The summed E-state index contributed by atoms with van der Waals surface area (Å²) in [6.45, 7) is 1.76. The van der Waals surface area contributed by atoms with Gasteiger partial charge in [0.2, 0.25) is 0 Å². The summed E-state index contributed by atoms with van der Waals surface area (Å²) in [6.07, 6.45) is 1.75. The molecule has 1 N–H and O–H groups in total. The lowest BCUT2D eigenvalue weighted by atomic mass is 10.0. The molecule has 0 atom stereocenters. The maximum Gasteiger partial charge on any atom is 0.299 e. The lowest BCUT2D eigenvalue weighted by Gasteiger charge is -2.31. The van der Waals surface area contributed by atoms with E-state index in [1.807, 2.05) is 0 Å². The van der Waals surface area contributed by atoms with Crippen molar-refractivity contribution in [3.05, 3.63) is 28.8 Å². The Kier molecular flexibility index (Phi) is 2.84. The summed E-state index contributed by atoms with van der Waals surface area (Å²) in [4.78, 5) is 25.7. The first-order valence-electron chi connectivity index (χ1n) is 6.06. The number of amides is 1. The van der Waals surface area contributed by atoms with Crippen LogP contribution in [-0.4, -0.2) is 30.8 Å². The smallest absolute Gasteiger partial charge is 0.299 e. The molecule has 0 spiro atoms. The summed E-state index contributed by atoms with van der Waals surface area (Å²) in [6, 6.07) is 5.19. The molecular formula is C13H13ClN2O2. The third-order valence-corrected chi connectivity index (χ3v) is 3.78. The Bertz CT molecular complexity index is 524. The first-order valence-corrected chi connectivity index (χ1v) is 6.44. The van der Waals surface area contributed by atoms with Crippen LogP contribution < -0.4 is 10.2 Å². The Morgan fingerprint density at radius 3 is 2.67 bits per heavy atom. The van der Waals surface area contributed by atoms with Crippen LogP contribution in [0.3, 0.4) is 0 Å². The van der Waals surface area contributed by atoms with Crippen molar-refractivity contribution in [2.24, 2.45) is 0 Å². The number of Topliss-reactive ketones (excluding diaryl/α,β-unsaturated/α-hetero) is 1. The predicted molar refractivity (Wildman–Crippen MR) is 69.2 cm³/mol. The zero-order valence-corrected chi connectivity index (χ0v) is 10.5. The minimum absolute atomic E-state index is 0.116. The largest absolute Gasteiger partial charge is 0.317 e. The lowest BCUT2D eigenvalue weighted by Crippen LogP contribution is -2.45. The van der Waals surface area contributed by atoms with Gasteiger partial charge in [0.1, 0.15) is 0 Å². The van der Waals surface area contributed by atoms with E-state index in [1.165, 1.54) is 0 Å². The van der Waals surface area contributed by atoms with E-state index in [9.17, 15) is 9.59 Å². The first-order chi connectivity index (χ1) is 8.68. The number of ketones is 1. The van der Waals surface area contributed by atoms with E-state index in [2.05, 4.69) is 5.32 Å². The molecule has 1 saturated heterocycles. The molecular weight excluding hydrogens is 252 g/mol. The fourth-order valence-electron chi connectivity index (χ4n) is 2.66. The van der Waals surface area contributed by atoms with Gasteiger partial charge in [-0.3, -0.25) is 9.59 Å². The highest BCUT2D eigenvalue weighted by Crippen LogP contribution is 2.34. The Hall–Kier alpha value is -1.39. The normalized spacial score (nSPS) is 20.4. The van der Waals surface area contributed by atoms with Gasteiger partial charge in [-0.1, -0.05) is 11.6 Å². The summed E-state index contributed by atoms with van der Waals surface area (Å²) >= 11 is 5.88. The third kappa shape index (κ3) is 1.72. The van der Waals surface area contributed by atoms with Crippen molar-refractivity contribution in [3.8, 4) is 0 Å². The molecule has 1 aromatic carbocycles. The van der Waals surface area contributed by atoms with Gasteiger partial charge in [-0.25, -0.2) is 0 Å². The monoisotopic (exact) mass is 264 g/mol. The second-order valence-corrected chi connectivity index (χ2v) is 5.08. The van der Waals surface area contributed by atoms with Crippen molar-refractivity contribution in [3.63, 3.8) is 0 Å². The second kappa shape index (κ2) is 4.37. The van der Waals surface area contributed by atoms with Crippen molar-refractivity contribution in [1.82, 2.24) is 5.32 Å². The molecule has 1 aromatic rings. The van der Waals surface area contributed by atoms with Crippen LogP contribution in [0, 0.1) is 0 Å². The number of carbonyl (C=O) groups is 2. The number of benzene rings is 1. The number of fused-ring (bicyclic) bond motifs is 1. The molecule has 0 aromatic heterocycles. The molecule has 18 heavy (non-hydrogen) atoms. The van der Waals surface area contributed by atoms with Crippen molar-refractivity contribution in [1.29, 1.82) is 0 Å². The van der Waals surface area contributed by atoms with Crippen molar-refractivity contribution < 1.29 is 9.59 Å². The SMILES string of the molecule is O=C1C(=O)N(C2CCNCC2)c2ccc(Cl)cc21. The van der Waals surface area contributed by atoms with Crippen LogP contribution in [0.4, 0.5) is 5.69 Å². The molecule has 0 bridgehead atoms. The molecule has 0 unspecified atom stereocenters. The highest BCUT2D eigenvalue weighted by molar-refractivity contribution is 6.52. The Morgan fingerprint density at radius 1 is 1.22 bits per heavy atom. The molecule has 0 radical (unpaired) electrons. The zero-order chi connectivity index (χ0) is 12.7. The number of carbonyl (C=O) groups excluding carboxylic acids is 2. The topological polar surface area (TPSA) is 49.4 Å². The van der Waals surface area contributed by atoms with Gasteiger partial charge in [-0.15, -0.1) is 0 Å². The van der Waals surface area contributed by atoms with Gasteiger partial charge < -0.3 is 10.2 Å². The van der Waals surface area contributed by atoms with Gasteiger partial charge in [0.05, 0.1) is 11.3 Å². The average molecular weight is 265 g/mol. The highest BCUT2D eigenvalue weighted by Gasteiger charge is 2.39. The van der Waals surface area contributed by atoms with Gasteiger partial charge in [0.15, 0.2) is 0 Å². The number of hydrogen-bond acceptors (Lipinski definition) is 3. The maximum atomic E-state index is 12.1. The molecule has 1 amide bonds. The van der Waals surface area contributed by atoms with E-state index in [0.29, 0.717) is 16.3 Å². The predicted octanol–water partition coefficient (Wildman–Crippen LogP) is 1.62. The number of anilines is 1. The highest BCUT2D eigenvalue weighted by atomic mass is 35.5. The minimum atomic E-state index is -0.439. The van der Waals surface area contributed by atoms with E-state index in [-0.39, 0.29) is 6.04 Å². The number of nitrogens with one attached hydrogen (secondary N) is 1. The molecule has 2 aliphatic rings. The molecule has 2 aliphatic heterocycles. The van der Waals surface area contributed by atoms with Gasteiger partial charge in [0.25, 0.3) is 11.7 Å². The van der Waals surface area contributed by atoms with Gasteiger partial charge >= 0.3 is 0 Å². The Morgan fingerprint density at radius 2 is 1.94 bits per heavy atom. The second-order valence-electron chi connectivity index (χ2n) is 4.65. The van der Waals surface area contributed by atoms with Crippen LogP contribution in [-0.2, 0) is 4.79 Å². The number of nitrogens with zero attached hydrogens (tertiary/aromatic N) is 1. The quantitative estimate of drug-likeness (QED) is 0.785. The fraction of sp³-hybridized carbons (Fsp3) is 0.385. The molecule has 5 heteroatoms. The Labute approximate surface area is 110 Å². The van der Waals surface area contributed by atoms with Crippen LogP contribution >= 0.6 is 11.6 Å². The van der Waals surface area contributed by atoms with Crippen LogP contribution in [0.25, 0.3) is 0 Å². The number of piperidine rings is 1. The van der Waals surface area contributed by atoms with Gasteiger partial charge in [0, 0.05) is 11.1 Å². The summed E-state index contributed by atoms with van der Waals surface area (Å²) in [5.41, 5.74) is 1.15. The van der Waals surface area contributed by atoms with Crippen molar-refractivity contribution in [2.75, 3.05) is 18.0 Å². The zero-order valence-electron chi connectivity index (χ0n) is 9.78. The molecule has 2 heterocycles. The van der Waals surface area contributed by atoms with Crippen LogP contribution in [0.5, 0.6) is 0 Å². The van der Waals surface area contributed by atoms with Crippen molar-refractivity contribution >= 4 is 29.0 Å². The first kappa shape index (κ1) is 11.7. The van der Waals surface area contributed by atoms with Gasteiger partial charge in [-0.05, 0) is 44.1 Å². The summed E-state index contributed by atoms with van der Waals surface area (Å²) in [5, 5.41) is 3.74. The summed E-state index contributed by atoms with van der Waals surface area (Å²) < 4.78 is 0. The summed E-state index contributed by atoms with van der Waals surface area (Å²) in [7, 11) is 0. The number of hydrogen-bond donors (Lipinski definition) is 1. The standard InChI is InChI=1S/C13H13ClN2O2/c14-8-1-2-11-10(7-8)12(17)13(18)16(11)9-3-5-15-6-4-9/h1-2,7,9,15H,3-6H2. The molecule has 1 fully saturated rings. The minimum Gasteiger partial charge on any atom is -0.317 e. The molecule has 3 rings (SSSR count). The maximum absolute atomic E-state index is 12.1. The van der Waals surface area contributed by atoms with Crippen LogP contribution in [0.1, 0.15) is 23.2 Å². The lowest BCUT2D eigenvalue weighted by molar-refractivity contribution is -0.114. The molecule has 0 saturated carbocycles. The van der Waals surface area contributed by atoms with E-state index >= 15 is 0 Å². The molecule has 94 valence electrons. The fourth-order valence-corrected chi connectivity index (χ4v) is 2.83. The molecule has 0 aliphatic carbocycles. The van der Waals surface area contributed by atoms with Gasteiger partial charge in [-0.2, -0.15) is 0 Å². The van der Waals surface area contributed by atoms with Crippen molar-refractivity contribution in [2.45, 2.75) is 18.9 Å². The Balaban J connectivity index is 2.01. The van der Waals surface area contributed by atoms with E-state index in [0.717, 1.165) is 25.9 Å². The van der Waals surface area contributed by atoms with Crippen LogP contribution in [0.15, 0.2) is 18.2 Å². The molecule has 4 nitrogen and oxygen atoms in total.